The predicted molar refractivity (Wildman–Crippen MR) is 102 cm³/mol. The Morgan fingerprint density at radius 3 is 2.62 bits per heavy atom. The number of hydrogen-bond acceptors (Lipinski definition) is 5. The van der Waals surface area contributed by atoms with Gasteiger partial charge in [0.2, 0.25) is 5.76 Å². The van der Waals surface area contributed by atoms with Gasteiger partial charge in [-0.25, -0.2) is 4.79 Å². The number of thioether (sulfide) groups is 1. The van der Waals surface area contributed by atoms with E-state index >= 15 is 0 Å². The summed E-state index contributed by atoms with van der Waals surface area (Å²) >= 11 is 1.73. The molecule has 0 aliphatic carbocycles. The third-order valence-electron chi connectivity index (χ3n) is 3.64. The minimum atomic E-state index is -0.644. The number of ether oxygens (including phenoxy) is 1. The molecule has 0 aliphatic rings. The van der Waals surface area contributed by atoms with Crippen LogP contribution in [0.4, 0.5) is 0 Å². The van der Waals surface area contributed by atoms with Crippen molar-refractivity contribution in [3.8, 4) is 0 Å². The molecule has 6 heteroatoms. The molecule has 26 heavy (non-hydrogen) atoms. The maximum Gasteiger partial charge on any atom is 0.374 e. The van der Waals surface area contributed by atoms with Gasteiger partial charge in [0.15, 0.2) is 6.61 Å². The summed E-state index contributed by atoms with van der Waals surface area (Å²) in [6, 6.07) is 19.0. The minimum Gasteiger partial charge on any atom is -0.450 e. The molecule has 0 saturated heterocycles. The Balaban J connectivity index is 1.34. The summed E-state index contributed by atoms with van der Waals surface area (Å²) in [4.78, 5) is 23.7. The van der Waals surface area contributed by atoms with E-state index in [1.807, 2.05) is 36.4 Å². The Morgan fingerprint density at radius 2 is 1.81 bits per heavy atom. The van der Waals surface area contributed by atoms with E-state index in [0.717, 1.165) is 16.9 Å². The molecule has 0 aliphatic heterocycles. The number of para-hydroxylation sites is 1. The lowest BCUT2D eigenvalue weighted by Crippen LogP contribution is -2.30. The van der Waals surface area contributed by atoms with Gasteiger partial charge in [-0.3, -0.25) is 4.79 Å². The molecule has 3 aromatic rings. The summed E-state index contributed by atoms with van der Waals surface area (Å²) in [5, 5.41) is 3.55. The number of hydrogen-bond donors (Lipinski definition) is 1. The number of nitrogens with one attached hydrogen (secondary N) is 1. The van der Waals surface area contributed by atoms with Crippen LogP contribution in [0.1, 0.15) is 16.1 Å². The summed E-state index contributed by atoms with van der Waals surface area (Å²) in [6.07, 6.45) is 0. The molecule has 0 fully saturated rings. The van der Waals surface area contributed by atoms with Crippen LogP contribution < -0.4 is 5.32 Å². The quantitative estimate of drug-likeness (QED) is 0.485. The third kappa shape index (κ3) is 5.13. The molecule has 1 aromatic heterocycles. The van der Waals surface area contributed by atoms with Crippen molar-refractivity contribution in [2.45, 2.75) is 5.75 Å². The smallest absolute Gasteiger partial charge is 0.374 e. The van der Waals surface area contributed by atoms with Gasteiger partial charge >= 0.3 is 5.97 Å². The molecule has 0 spiro atoms. The fourth-order valence-electron chi connectivity index (χ4n) is 2.36. The molecule has 0 bridgehead atoms. The molecule has 3 rings (SSSR count). The molecular formula is C20H19NO4S. The molecular weight excluding hydrogens is 350 g/mol. The van der Waals surface area contributed by atoms with Crippen LogP contribution in [-0.4, -0.2) is 30.8 Å². The first kappa shape index (κ1) is 18.1. The summed E-state index contributed by atoms with van der Waals surface area (Å²) in [5.41, 5.74) is 1.86. The van der Waals surface area contributed by atoms with E-state index < -0.39 is 5.97 Å². The zero-order valence-corrected chi connectivity index (χ0v) is 15.0. The van der Waals surface area contributed by atoms with Gasteiger partial charge < -0.3 is 14.5 Å². The topological polar surface area (TPSA) is 68.5 Å². The van der Waals surface area contributed by atoms with Gasteiger partial charge in [0.25, 0.3) is 5.91 Å². The van der Waals surface area contributed by atoms with E-state index in [2.05, 4.69) is 17.4 Å². The molecule has 5 nitrogen and oxygen atoms in total. The van der Waals surface area contributed by atoms with Crippen molar-refractivity contribution in [3.05, 3.63) is 72.0 Å². The molecule has 1 amide bonds. The highest BCUT2D eigenvalue weighted by atomic mass is 32.2. The molecule has 2 aromatic carbocycles. The van der Waals surface area contributed by atoms with Gasteiger partial charge in [-0.15, -0.1) is 0 Å². The Labute approximate surface area is 155 Å². The van der Waals surface area contributed by atoms with Crippen LogP contribution in [0.3, 0.4) is 0 Å². The summed E-state index contributed by atoms with van der Waals surface area (Å²) in [6.45, 7) is 0.206. The number of furan rings is 1. The minimum absolute atomic E-state index is 0.0948. The van der Waals surface area contributed by atoms with Crippen LogP contribution in [0.15, 0.2) is 65.1 Å². The number of esters is 1. The Hall–Kier alpha value is -2.73. The number of amides is 1. The summed E-state index contributed by atoms with van der Waals surface area (Å²) in [5.74, 6) is 0.817. The number of carbonyl (C=O) groups excluding carboxylic acids is 2. The normalized spacial score (nSPS) is 10.6. The lowest BCUT2D eigenvalue weighted by atomic mass is 10.2. The lowest BCUT2D eigenvalue weighted by Gasteiger charge is -2.06. The summed E-state index contributed by atoms with van der Waals surface area (Å²) < 4.78 is 10.4. The molecule has 1 N–H and O–H groups in total. The zero-order chi connectivity index (χ0) is 18.2. The molecule has 0 atom stereocenters. The standard InChI is InChI=1S/C20H19NO4S/c22-19(21-10-11-26-14-15-6-2-1-3-7-15)13-24-20(23)18-12-16-8-4-5-9-17(16)25-18/h1-9,12H,10-11,13-14H2,(H,21,22). The second kappa shape index (κ2) is 9.10. The second-order valence-electron chi connectivity index (χ2n) is 5.61. The van der Waals surface area contributed by atoms with Gasteiger partial charge in [0, 0.05) is 23.4 Å². The maximum absolute atomic E-state index is 12.0. The van der Waals surface area contributed by atoms with E-state index in [1.54, 1.807) is 23.9 Å². The van der Waals surface area contributed by atoms with Crippen LogP contribution in [0.25, 0.3) is 11.0 Å². The number of benzene rings is 2. The van der Waals surface area contributed by atoms with Crippen molar-refractivity contribution < 1.29 is 18.7 Å². The van der Waals surface area contributed by atoms with E-state index in [4.69, 9.17) is 9.15 Å². The van der Waals surface area contributed by atoms with Crippen LogP contribution in [0.2, 0.25) is 0 Å². The molecule has 0 saturated carbocycles. The van der Waals surface area contributed by atoms with Crippen molar-refractivity contribution >= 4 is 34.6 Å². The van der Waals surface area contributed by atoms with Gasteiger partial charge in [-0.2, -0.15) is 11.8 Å². The first-order chi connectivity index (χ1) is 12.7. The Kier molecular flexibility index (Phi) is 6.33. The van der Waals surface area contributed by atoms with E-state index in [9.17, 15) is 9.59 Å². The largest absolute Gasteiger partial charge is 0.450 e. The third-order valence-corrected chi connectivity index (χ3v) is 4.67. The van der Waals surface area contributed by atoms with Crippen LogP contribution in [0, 0.1) is 0 Å². The van der Waals surface area contributed by atoms with Crippen molar-refractivity contribution in [1.29, 1.82) is 0 Å². The van der Waals surface area contributed by atoms with Crippen molar-refractivity contribution in [2.75, 3.05) is 18.9 Å². The van der Waals surface area contributed by atoms with Gasteiger partial charge in [0.1, 0.15) is 5.58 Å². The lowest BCUT2D eigenvalue weighted by molar-refractivity contribution is -0.124. The van der Waals surface area contributed by atoms with Gasteiger partial charge in [0.05, 0.1) is 0 Å². The van der Waals surface area contributed by atoms with Gasteiger partial charge in [-0.1, -0.05) is 48.5 Å². The molecule has 0 unspecified atom stereocenters. The molecule has 1 heterocycles. The fraction of sp³-hybridized carbons (Fsp3) is 0.200. The van der Waals surface area contributed by atoms with Crippen molar-refractivity contribution in [3.63, 3.8) is 0 Å². The highest BCUT2D eigenvalue weighted by Gasteiger charge is 2.15. The highest BCUT2D eigenvalue weighted by molar-refractivity contribution is 7.98. The number of rotatable bonds is 8. The Morgan fingerprint density at radius 1 is 1.04 bits per heavy atom. The van der Waals surface area contributed by atoms with Crippen molar-refractivity contribution in [2.24, 2.45) is 0 Å². The van der Waals surface area contributed by atoms with E-state index in [1.165, 1.54) is 5.56 Å². The van der Waals surface area contributed by atoms with Crippen LogP contribution in [-0.2, 0) is 15.3 Å². The first-order valence-corrected chi connectivity index (χ1v) is 9.42. The summed E-state index contributed by atoms with van der Waals surface area (Å²) in [7, 11) is 0. The first-order valence-electron chi connectivity index (χ1n) is 8.26. The Bertz CT molecular complexity index is 843. The SMILES string of the molecule is O=C(COC(=O)c1cc2ccccc2o1)NCCSCc1ccccc1. The van der Waals surface area contributed by atoms with Crippen molar-refractivity contribution in [1.82, 2.24) is 5.32 Å². The van der Waals surface area contributed by atoms with E-state index in [0.29, 0.717) is 12.1 Å². The molecule has 0 radical (unpaired) electrons. The number of carbonyl (C=O) groups is 2. The molecule has 134 valence electrons. The number of fused-ring (bicyclic) bond motifs is 1. The average molecular weight is 369 g/mol. The zero-order valence-electron chi connectivity index (χ0n) is 14.1. The van der Waals surface area contributed by atoms with Gasteiger partial charge in [-0.05, 0) is 17.7 Å². The van der Waals surface area contributed by atoms with E-state index in [-0.39, 0.29) is 18.3 Å². The highest BCUT2D eigenvalue weighted by Crippen LogP contribution is 2.19. The average Bonchev–Trinajstić information content (AvgIpc) is 3.11. The fourth-order valence-corrected chi connectivity index (χ4v) is 3.18. The maximum atomic E-state index is 12.0. The predicted octanol–water partition coefficient (Wildman–Crippen LogP) is 3.64. The van der Waals surface area contributed by atoms with Crippen LogP contribution in [0.5, 0.6) is 0 Å². The second-order valence-corrected chi connectivity index (χ2v) is 6.72. The van der Waals surface area contributed by atoms with Crippen LogP contribution >= 0.6 is 11.8 Å². The monoisotopic (exact) mass is 369 g/mol.